The van der Waals surface area contributed by atoms with E-state index in [9.17, 15) is 10.2 Å². The van der Waals surface area contributed by atoms with Gasteiger partial charge in [-0.25, -0.2) is 0 Å². The zero-order valence-corrected chi connectivity index (χ0v) is 10.9. The number of aromatic nitrogens is 1. The number of hydrogen-bond donors (Lipinski definition) is 3. The largest absolute Gasteiger partial charge is 0.390 e. The molecule has 2 unspecified atom stereocenters. The first-order chi connectivity index (χ1) is 8.65. The zero-order valence-electron chi connectivity index (χ0n) is 9.29. The van der Waals surface area contributed by atoms with E-state index in [0.29, 0.717) is 5.56 Å². The van der Waals surface area contributed by atoms with Gasteiger partial charge in [0.15, 0.2) is 0 Å². The van der Waals surface area contributed by atoms with Crippen LogP contribution >= 0.6 is 15.9 Å². The average molecular weight is 311 g/mol. The first kappa shape index (κ1) is 12.9. The molecule has 1 heterocycles. The lowest BCUT2D eigenvalue weighted by Gasteiger charge is -2.15. The van der Waals surface area contributed by atoms with Crippen LogP contribution in [0.5, 0.6) is 0 Å². The van der Waals surface area contributed by atoms with Crippen molar-refractivity contribution >= 4 is 26.8 Å². The second-order valence-corrected chi connectivity index (χ2v) is 4.69. The molecule has 1 aromatic carbocycles. The number of fused-ring (bicyclic) bond motifs is 1. The molecule has 0 bridgehead atoms. The van der Waals surface area contributed by atoms with E-state index < -0.39 is 12.2 Å². The molecule has 0 aliphatic heterocycles. The number of aliphatic hydroxyl groups excluding tert-OH is 2. The summed E-state index contributed by atoms with van der Waals surface area (Å²) in [6.07, 6.45) is -0.602. The highest BCUT2D eigenvalue weighted by molar-refractivity contribution is 9.10. The van der Waals surface area contributed by atoms with E-state index in [1.807, 2.05) is 18.2 Å². The van der Waals surface area contributed by atoms with Crippen LogP contribution in [0.15, 0.2) is 34.0 Å². The van der Waals surface area contributed by atoms with Crippen LogP contribution in [-0.4, -0.2) is 27.8 Å². The maximum Gasteiger partial charge on any atom is 0.107 e. The molecule has 0 spiro atoms. The summed E-state index contributed by atoms with van der Waals surface area (Å²) >= 11 is 3.40. The van der Waals surface area contributed by atoms with E-state index in [2.05, 4.69) is 30.9 Å². The van der Waals surface area contributed by atoms with Gasteiger partial charge in [0, 0.05) is 32.0 Å². The molecule has 2 rings (SSSR count). The second kappa shape index (κ2) is 5.41. The zero-order chi connectivity index (χ0) is 13.1. The summed E-state index contributed by atoms with van der Waals surface area (Å²) in [4.78, 5) is 5.57. The highest BCUT2D eigenvalue weighted by atomic mass is 79.9. The normalized spacial score (nSPS) is 14.2. The number of benzene rings is 1. The van der Waals surface area contributed by atoms with Crippen molar-refractivity contribution in [2.45, 2.75) is 12.2 Å². The quantitative estimate of drug-likeness (QED) is 0.459. The molecule has 0 fully saturated rings. The lowest BCUT2D eigenvalue weighted by molar-refractivity contribution is 0.0253. The van der Waals surface area contributed by atoms with E-state index in [1.165, 1.54) is 0 Å². The SMILES string of the molecule is [N-]=[N+]=NCC(O)C(O)c1c[nH]c2cccc(Br)c12. The van der Waals surface area contributed by atoms with Crippen molar-refractivity contribution in [3.63, 3.8) is 0 Å². The maximum absolute atomic E-state index is 10.1. The minimum atomic E-state index is -1.13. The van der Waals surface area contributed by atoms with Crippen molar-refractivity contribution < 1.29 is 10.2 Å². The van der Waals surface area contributed by atoms with Gasteiger partial charge in [0.05, 0.1) is 12.6 Å². The minimum Gasteiger partial charge on any atom is -0.390 e. The third-order valence-electron chi connectivity index (χ3n) is 2.70. The Bertz CT molecular complexity index is 606. The Morgan fingerprint density at radius 1 is 1.44 bits per heavy atom. The van der Waals surface area contributed by atoms with Gasteiger partial charge in [-0.15, -0.1) is 0 Å². The van der Waals surface area contributed by atoms with Gasteiger partial charge in [-0.2, -0.15) is 0 Å². The van der Waals surface area contributed by atoms with Crippen LogP contribution in [0.1, 0.15) is 11.7 Å². The summed E-state index contributed by atoms with van der Waals surface area (Å²) in [5.41, 5.74) is 9.62. The highest BCUT2D eigenvalue weighted by Gasteiger charge is 2.21. The third-order valence-corrected chi connectivity index (χ3v) is 3.36. The van der Waals surface area contributed by atoms with Crippen molar-refractivity contribution in [1.82, 2.24) is 4.98 Å². The number of H-pyrrole nitrogens is 1. The van der Waals surface area contributed by atoms with Crippen LogP contribution in [0.25, 0.3) is 21.3 Å². The topological polar surface area (TPSA) is 105 Å². The molecule has 2 atom stereocenters. The number of aromatic amines is 1. The van der Waals surface area contributed by atoms with Crippen LogP contribution in [0.4, 0.5) is 0 Å². The Kier molecular flexibility index (Phi) is 3.88. The van der Waals surface area contributed by atoms with E-state index in [0.717, 1.165) is 15.4 Å². The predicted octanol–water partition coefficient (Wildman–Crippen LogP) is 2.64. The summed E-state index contributed by atoms with van der Waals surface area (Å²) < 4.78 is 0.825. The molecule has 0 radical (unpaired) electrons. The van der Waals surface area contributed by atoms with Gasteiger partial charge in [0.25, 0.3) is 0 Å². The molecule has 6 nitrogen and oxygen atoms in total. The van der Waals surface area contributed by atoms with Crippen molar-refractivity contribution in [2.75, 3.05) is 6.54 Å². The number of halogens is 1. The van der Waals surface area contributed by atoms with Crippen LogP contribution in [0.2, 0.25) is 0 Å². The first-order valence-corrected chi connectivity index (χ1v) is 6.07. The average Bonchev–Trinajstić information content (AvgIpc) is 2.80. The molecule has 0 saturated heterocycles. The van der Waals surface area contributed by atoms with Gasteiger partial charge < -0.3 is 15.2 Å². The van der Waals surface area contributed by atoms with Crippen LogP contribution in [0.3, 0.4) is 0 Å². The van der Waals surface area contributed by atoms with Crippen LogP contribution in [0, 0.1) is 0 Å². The van der Waals surface area contributed by atoms with Gasteiger partial charge >= 0.3 is 0 Å². The van der Waals surface area contributed by atoms with Gasteiger partial charge in [-0.05, 0) is 17.7 Å². The lowest BCUT2D eigenvalue weighted by atomic mass is 10.0. The molecule has 94 valence electrons. The smallest absolute Gasteiger partial charge is 0.107 e. The third kappa shape index (κ3) is 2.34. The Morgan fingerprint density at radius 3 is 2.94 bits per heavy atom. The fourth-order valence-electron chi connectivity index (χ4n) is 1.83. The molecule has 0 aliphatic carbocycles. The van der Waals surface area contributed by atoms with E-state index in [-0.39, 0.29) is 6.54 Å². The monoisotopic (exact) mass is 310 g/mol. The van der Waals surface area contributed by atoms with Gasteiger partial charge in [-0.3, -0.25) is 0 Å². The Morgan fingerprint density at radius 2 is 2.22 bits per heavy atom. The molecule has 0 saturated carbocycles. The number of hydrogen-bond acceptors (Lipinski definition) is 3. The summed E-state index contributed by atoms with van der Waals surface area (Å²) in [5.74, 6) is 0. The number of nitrogens with one attached hydrogen (secondary N) is 1. The standard InChI is InChI=1S/C11H11BrN4O2/c12-7-2-1-3-8-10(7)6(4-14-8)11(18)9(17)5-15-16-13/h1-4,9,11,14,17-18H,5H2. The molecule has 2 aromatic rings. The fraction of sp³-hybridized carbons (Fsp3) is 0.273. The number of rotatable bonds is 4. The van der Waals surface area contributed by atoms with Crippen molar-refractivity contribution in [3.05, 3.63) is 44.9 Å². The molecular weight excluding hydrogens is 300 g/mol. The van der Waals surface area contributed by atoms with Gasteiger partial charge in [-0.1, -0.05) is 27.1 Å². The fourth-order valence-corrected chi connectivity index (χ4v) is 2.42. The predicted molar refractivity (Wildman–Crippen MR) is 71.0 cm³/mol. The van der Waals surface area contributed by atoms with Gasteiger partial charge in [0.2, 0.25) is 0 Å². The van der Waals surface area contributed by atoms with Crippen LogP contribution < -0.4 is 0 Å². The molecule has 3 N–H and O–H groups in total. The summed E-state index contributed by atoms with van der Waals surface area (Å²) in [7, 11) is 0. The molecular formula is C11H11BrN4O2. The molecule has 0 aliphatic rings. The second-order valence-electron chi connectivity index (χ2n) is 3.83. The first-order valence-electron chi connectivity index (χ1n) is 5.27. The molecule has 1 aromatic heterocycles. The Labute approximate surface area is 111 Å². The number of azide groups is 1. The van der Waals surface area contributed by atoms with Crippen LogP contribution in [-0.2, 0) is 0 Å². The van der Waals surface area contributed by atoms with Crippen molar-refractivity contribution in [2.24, 2.45) is 5.11 Å². The number of nitrogens with zero attached hydrogens (tertiary/aromatic N) is 3. The van der Waals surface area contributed by atoms with Crippen molar-refractivity contribution in [3.8, 4) is 0 Å². The van der Waals surface area contributed by atoms with Gasteiger partial charge in [0.1, 0.15) is 6.10 Å². The van der Waals surface area contributed by atoms with E-state index in [1.54, 1.807) is 6.20 Å². The minimum absolute atomic E-state index is 0.172. The molecule has 7 heteroatoms. The van der Waals surface area contributed by atoms with E-state index in [4.69, 9.17) is 5.53 Å². The Balaban J connectivity index is 2.38. The Hall–Kier alpha value is -1.53. The van der Waals surface area contributed by atoms with E-state index >= 15 is 0 Å². The number of aliphatic hydroxyl groups is 2. The molecule has 0 amide bonds. The summed E-state index contributed by atoms with van der Waals surface area (Å²) in [5, 5.41) is 23.8. The summed E-state index contributed by atoms with van der Waals surface area (Å²) in [6.45, 7) is -0.172. The molecule has 18 heavy (non-hydrogen) atoms. The lowest BCUT2D eigenvalue weighted by Crippen LogP contribution is -2.20. The van der Waals surface area contributed by atoms with Crippen molar-refractivity contribution in [1.29, 1.82) is 0 Å². The maximum atomic E-state index is 10.1. The summed E-state index contributed by atoms with van der Waals surface area (Å²) in [6, 6.07) is 5.60. The highest BCUT2D eigenvalue weighted by Crippen LogP contribution is 2.32.